The Labute approximate surface area is 280 Å². The van der Waals surface area contributed by atoms with Gasteiger partial charge in [-0.2, -0.15) is 5.26 Å². The van der Waals surface area contributed by atoms with E-state index in [-0.39, 0.29) is 0 Å². The molecule has 0 saturated heterocycles. The van der Waals surface area contributed by atoms with Gasteiger partial charge in [0.15, 0.2) is 0 Å². The van der Waals surface area contributed by atoms with Crippen LogP contribution in [-0.4, -0.2) is 9.13 Å². The molecule has 0 atom stereocenters. The Hall–Kier alpha value is -6.15. The third-order valence-electron chi connectivity index (χ3n) is 9.86. The van der Waals surface area contributed by atoms with Gasteiger partial charge in [0.25, 0.3) is 0 Å². The first-order chi connectivity index (χ1) is 23.7. The Bertz CT molecular complexity index is 2970. The van der Waals surface area contributed by atoms with Gasteiger partial charge in [0.1, 0.15) is 0 Å². The molecule has 3 nitrogen and oxygen atoms in total. The van der Waals surface area contributed by atoms with E-state index in [0.29, 0.717) is 5.56 Å². The molecule has 0 aliphatic rings. The fourth-order valence-electron chi connectivity index (χ4n) is 7.78. The summed E-state index contributed by atoms with van der Waals surface area (Å²) in [5, 5.41) is 17.1. The summed E-state index contributed by atoms with van der Waals surface area (Å²) >= 11 is 1.89. The molecule has 10 rings (SSSR count). The Morgan fingerprint density at radius 2 is 1.27 bits per heavy atom. The van der Waals surface area contributed by atoms with Crippen LogP contribution in [0.3, 0.4) is 0 Å². The van der Waals surface area contributed by atoms with Crippen LogP contribution in [0.4, 0.5) is 0 Å². The van der Waals surface area contributed by atoms with Crippen LogP contribution in [0.1, 0.15) is 11.1 Å². The van der Waals surface area contributed by atoms with Crippen molar-refractivity contribution in [2.75, 3.05) is 0 Å². The Morgan fingerprint density at radius 1 is 0.542 bits per heavy atom. The first-order valence-electron chi connectivity index (χ1n) is 16.2. The van der Waals surface area contributed by atoms with Crippen LogP contribution in [0.2, 0.25) is 0 Å². The number of nitriles is 1. The highest BCUT2D eigenvalue weighted by molar-refractivity contribution is 7.26. The molecule has 10 aromatic rings. The highest BCUT2D eigenvalue weighted by Crippen LogP contribution is 2.45. The number of nitrogens with zero attached hydrogens (tertiary/aromatic N) is 3. The van der Waals surface area contributed by atoms with Crippen molar-refractivity contribution in [3.8, 4) is 28.6 Å². The van der Waals surface area contributed by atoms with Crippen LogP contribution >= 0.6 is 11.3 Å². The normalized spacial score (nSPS) is 11.8. The zero-order valence-corrected chi connectivity index (χ0v) is 26.9. The van der Waals surface area contributed by atoms with Gasteiger partial charge in [-0.25, -0.2) is 0 Å². The molecular formula is C44H27N3S. The van der Waals surface area contributed by atoms with Crippen LogP contribution in [0.25, 0.3) is 86.3 Å². The second kappa shape index (κ2) is 10.2. The SMILES string of the molecule is Cc1cccc(-c2ccc3c(c2)c2c4sc5ccccc5c4ccc2n3-c2ccccc2)c1-n1c2ccccc2c2cc(C#N)ccc21. The Morgan fingerprint density at radius 3 is 2.15 bits per heavy atom. The monoisotopic (exact) mass is 629 g/mol. The zero-order valence-electron chi connectivity index (χ0n) is 26.1. The average molecular weight is 630 g/mol. The molecule has 0 spiro atoms. The van der Waals surface area contributed by atoms with E-state index >= 15 is 0 Å². The maximum atomic E-state index is 9.72. The lowest BCUT2D eigenvalue weighted by atomic mass is 9.98. The van der Waals surface area contributed by atoms with Crippen LogP contribution < -0.4 is 0 Å². The minimum Gasteiger partial charge on any atom is -0.309 e. The second-order valence-electron chi connectivity index (χ2n) is 12.5. The van der Waals surface area contributed by atoms with Crippen molar-refractivity contribution in [2.24, 2.45) is 0 Å². The molecule has 48 heavy (non-hydrogen) atoms. The number of hydrogen-bond donors (Lipinski definition) is 0. The number of thiophene rings is 1. The highest BCUT2D eigenvalue weighted by Gasteiger charge is 2.21. The predicted octanol–water partition coefficient (Wildman–Crippen LogP) is 12.1. The molecule has 0 aliphatic heterocycles. The van der Waals surface area contributed by atoms with E-state index in [9.17, 15) is 5.26 Å². The zero-order chi connectivity index (χ0) is 31.9. The van der Waals surface area contributed by atoms with Gasteiger partial charge in [0, 0.05) is 53.0 Å². The lowest BCUT2D eigenvalue weighted by molar-refractivity contribution is 1.15. The largest absolute Gasteiger partial charge is 0.309 e. The third kappa shape index (κ3) is 3.74. The molecule has 0 saturated carbocycles. The van der Waals surface area contributed by atoms with Gasteiger partial charge < -0.3 is 9.13 Å². The number of fused-ring (bicyclic) bond motifs is 10. The third-order valence-corrected chi connectivity index (χ3v) is 11.1. The molecule has 0 radical (unpaired) electrons. The number of rotatable bonds is 3. The summed E-state index contributed by atoms with van der Waals surface area (Å²) in [7, 11) is 0. The van der Waals surface area contributed by atoms with Gasteiger partial charge in [0.05, 0.1) is 39.4 Å². The molecule has 3 aromatic heterocycles. The first kappa shape index (κ1) is 27.0. The van der Waals surface area contributed by atoms with Gasteiger partial charge in [-0.1, -0.05) is 84.9 Å². The van der Waals surface area contributed by atoms with Gasteiger partial charge in [0.2, 0.25) is 0 Å². The van der Waals surface area contributed by atoms with E-state index in [1.807, 2.05) is 23.5 Å². The Balaban J connectivity index is 1.31. The predicted molar refractivity (Wildman–Crippen MR) is 203 cm³/mol. The quantitative estimate of drug-likeness (QED) is 0.191. The molecule has 224 valence electrons. The summed E-state index contributed by atoms with van der Waals surface area (Å²) in [6.45, 7) is 2.20. The number of benzene rings is 7. The van der Waals surface area contributed by atoms with Crippen molar-refractivity contribution in [1.29, 1.82) is 5.26 Å². The highest BCUT2D eigenvalue weighted by atomic mass is 32.1. The summed E-state index contributed by atoms with van der Waals surface area (Å²) in [5.41, 5.74) is 11.2. The van der Waals surface area contributed by atoms with Crippen LogP contribution in [0, 0.1) is 18.3 Å². The number of para-hydroxylation sites is 3. The van der Waals surface area contributed by atoms with E-state index < -0.39 is 0 Å². The Kier molecular flexibility index (Phi) is 5.72. The first-order valence-corrected chi connectivity index (χ1v) is 17.0. The molecule has 4 heteroatoms. The van der Waals surface area contributed by atoms with Crippen molar-refractivity contribution in [3.05, 3.63) is 157 Å². The minimum absolute atomic E-state index is 0.670. The fraction of sp³-hybridized carbons (Fsp3) is 0.0227. The van der Waals surface area contributed by atoms with E-state index in [1.54, 1.807) is 0 Å². The standard InChI is InChI=1S/C44H27N3S/c1-27-10-9-15-31(43(27)47-37-16-7-5-13-32(37)35-24-28(26-45)18-21-38(35)47)29-19-22-39-36(25-29)42-40(46(39)30-11-3-2-4-12-30)23-20-34-33-14-6-8-17-41(33)48-44(34)42/h2-25H,1H3. The summed E-state index contributed by atoms with van der Waals surface area (Å²) in [6.07, 6.45) is 0. The molecule has 0 N–H and O–H groups in total. The summed E-state index contributed by atoms with van der Waals surface area (Å²) in [4.78, 5) is 0. The molecule has 0 fully saturated rings. The summed E-state index contributed by atoms with van der Waals surface area (Å²) in [5.74, 6) is 0. The maximum Gasteiger partial charge on any atom is 0.0991 e. The maximum absolute atomic E-state index is 9.72. The summed E-state index contributed by atoms with van der Waals surface area (Å²) in [6, 6.07) is 54.5. The molecule has 0 aliphatic carbocycles. The van der Waals surface area contributed by atoms with Crippen molar-refractivity contribution in [1.82, 2.24) is 9.13 Å². The molecule has 7 aromatic carbocycles. The molecule has 0 unspecified atom stereocenters. The van der Waals surface area contributed by atoms with Crippen LogP contribution in [-0.2, 0) is 0 Å². The van der Waals surface area contributed by atoms with Crippen molar-refractivity contribution in [3.63, 3.8) is 0 Å². The minimum atomic E-state index is 0.670. The second-order valence-corrected chi connectivity index (χ2v) is 13.6. The number of aromatic nitrogens is 2. The fourth-order valence-corrected chi connectivity index (χ4v) is 9.04. The molecular weight excluding hydrogens is 603 g/mol. The van der Waals surface area contributed by atoms with Crippen molar-refractivity contribution < 1.29 is 0 Å². The van der Waals surface area contributed by atoms with Gasteiger partial charge in [-0.05, 0) is 78.7 Å². The van der Waals surface area contributed by atoms with Crippen molar-refractivity contribution >= 4 is 75.1 Å². The molecule has 0 bridgehead atoms. The van der Waals surface area contributed by atoms with Crippen LogP contribution in [0.15, 0.2) is 146 Å². The van der Waals surface area contributed by atoms with E-state index in [0.717, 1.165) is 33.2 Å². The van der Waals surface area contributed by atoms with Gasteiger partial charge in [-0.15, -0.1) is 11.3 Å². The van der Waals surface area contributed by atoms with E-state index in [4.69, 9.17) is 0 Å². The van der Waals surface area contributed by atoms with Gasteiger partial charge in [-0.3, -0.25) is 0 Å². The lowest BCUT2D eigenvalue weighted by Gasteiger charge is -2.17. The number of aryl methyl sites for hydroxylation is 1. The number of hydrogen-bond acceptors (Lipinski definition) is 2. The topological polar surface area (TPSA) is 33.6 Å². The van der Waals surface area contributed by atoms with Gasteiger partial charge >= 0.3 is 0 Å². The lowest BCUT2D eigenvalue weighted by Crippen LogP contribution is -2.00. The van der Waals surface area contributed by atoms with Crippen molar-refractivity contribution in [2.45, 2.75) is 6.92 Å². The molecule has 0 amide bonds. The molecule has 3 heterocycles. The smallest absolute Gasteiger partial charge is 0.0991 e. The van der Waals surface area contributed by atoms with Crippen LogP contribution in [0.5, 0.6) is 0 Å². The average Bonchev–Trinajstić information content (AvgIpc) is 3.79. The van der Waals surface area contributed by atoms with E-state index in [2.05, 4.69) is 156 Å². The summed E-state index contributed by atoms with van der Waals surface area (Å²) < 4.78 is 7.43. The van der Waals surface area contributed by atoms with E-state index in [1.165, 1.54) is 58.7 Å².